The van der Waals surface area contributed by atoms with E-state index in [0.717, 1.165) is 23.5 Å². The molecule has 0 bridgehead atoms. The average Bonchev–Trinajstić information content (AvgIpc) is 3.14. The Kier molecular flexibility index (Phi) is 7.57. The molecule has 0 unspecified atom stereocenters. The van der Waals surface area contributed by atoms with Crippen molar-refractivity contribution in [2.75, 3.05) is 25.2 Å². The van der Waals surface area contributed by atoms with Crippen LogP contribution in [0.3, 0.4) is 0 Å². The van der Waals surface area contributed by atoms with Crippen LogP contribution in [0.2, 0.25) is 0 Å². The van der Waals surface area contributed by atoms with Crippen molar-refractivity contribution < 1.29 is 22.9 Å². The van der Waals surface area contributed by atoms with Gasteiger partial charge in [-0.25, -0.2) is 0 Å². The highest BCUT2D eigenvalue weighted by atomic mass is 32.2. The van der Waals surface area contributed by atoms with Crippen molar-refractivity contribution in [3.8, 4) is 0 Å². The molecular weight excluding hydrogens is 439 g/mol. The van der Waals surface area contributed by atoms with E-state index < -0.39 is 17.6 Å². The molecule has 1 atom stereocenters. The molecule has 0 spiro atoms. The van der Waals surface area contributed by atoms with Gasteiger partial charge in [-0.3, -0.25) is 9.36 Å². The summed E-state index contributed by atoms with van der Waals surface area (Å²) in [4.78, 5) is 13.6. The van der Waals surface area contributed by atoms with E-state index in [2.05, 4.69) is 22.4 Å². The Morgan fingerprint density at radius 2 is 1.84 bits per heavy atom. The topological polar surface area (TPSA) is 64.2 Å². The summed E-state index contributed by atoms with van der Waals surface area (Å²) in [5.74, 6) is 0.373. The first-order valence-corrected chi connectivity index (χ1v) is 11.0. The van der Waals surface area contributed by atoms with E-state index in [1.54, 1.807) is 0 Å². The van der Waals surface area contributed by atoms with E-state index in [4.69, 9.17) is 0 Å². The highest BCUT2D eigenvalue weighted by molar-refractivity contribution is 7.99. The minimum atomic E-state index is -4.47. The lowest BCUT2D eigenvalue weighted by Gasteiger charge is -2.18. The van der Waals surface area contributed by atoms with Gasteiger partial charge >= 0.3 is 6.18 Å². The summed E-state index contributed by atoms with van der Waals surface area (Å²) < 4.78 is 40.6. The monoisotopic (exact) mass is 464 g/mol. The molecule has 6 nitrogen and oxygen atoms in total. The van der Waals surface area contributed by atoms with Crippen LogP contribution in [-0.2, 0) is 17.5 Å². The zero-order valence-corrected chi connectivity index (χ0v) is 18.8. The summed E-state index contributed by atoms with van der Waals surface area (Å²) in [6.07, 6.45) is -4.47. The Balaban J connectivity index is 1.73. The molecule has 2 aromatic carbocycles. The number of rotatable bonds is 8. The van der Waals surface area contributed by atoms with Gasteiger partial charge in [-0.2, -0.15) is 13.2 Å². The first-order chi connectivity index (χ1) is 15.1. The lowest BCUT2D eigenvalue weighted by atomic mass is 10.2. The second kappa shape index (κ2) is 10.2. The summed E-state index contributed by atoms with van der Waals surface area (Å²) in [6, 6.07) is 14.5. The quantitative estimate of drug-likeness (QED) is 0.503. The van der Waals surface area contributed by atoms with Gasteiger partial charge in [0.1, 0.15) is 6.04 Å². The van der Waals surface area contributed by atoms with Gasteiger partial charge in [-0.05, 0) is 30.7 Å². The molecule has 0 aliphatic rings. The SMILES string of the molecule is C[C@H](c1nnc(SCC(=O)Nc2cccc(C(F)(F)F)c2)n1Cc1ccccc1)[NH+](C)C. The Bertz CT molecular complexity index is 1050. The van der Waals surface area contributed by atoms with Crippen molar-refractivity contribution in [1.82, 2.24) is 14.8 Å². The molecule has 0 aliphatic heterocycles. The number of thioether (sulfide) groups is 1. The number of aromatic nitrogens is 3. The van der Waals surface area contributed by atoms with Gasteiger partial charge in [-0.15, -0.1) is 10.2 Å². The molecule has 0 radical (unpaired) electrons. The Morgan fingerprint density at radius 1 is 1.12 bits per heavy atom. The van der Waals surface area contributed by atoms with Crippen LogP contribution in [0.25, 0.3) is 0 Å². The fraction of sp³-hybridized carbons (Fsp3) is 0.318. The number of benzene rings is 2. The molecule has 1 amide bonds. The van der Waals surface area contributed by atoms with Crippen LogP contribution in [-0.4, -0.2) is 40.5 Å². The molecule has 1 aromatic heterocycles. The largest absolute Gasteiger partial charge is 0.416 e. The van der Waals surface area contributed by atoms with Crippen molar-refractivity contribution in [2.45, 2.75) is 30.8 Å². The van der Waals surface area contributed by atoms with Gasteiger partial charge in [0.2, 0.25) is 5.91 Å². The number of quaternary nitrogens is 1. The molecule has 0 fully saturated rings. The standard InChI is InChI=1S/C22H24F3N5OS/c1-15(29(2)3)20-27-28-21(30(20)13-16-8-5-4-6-9-16)32-14-19(31)26-18-11-7-10-17(12-18)22(23,24)25/h4-12,15H,13-14H2,1-3H3,(H,26,31)/p+1/t15-/m1/s1. The highest BCUT2D eigenvalue weighted by Crippen LogP contribution is 2.30. The lowest BCUT2D eigenvalue weighted by molar-refractivity contribution is -0.890. The Labute approximate surface area is 188 Å². The molecule has 2 N–H and O–H groups in total. The third kappa shape index (κ3) is 6.10. The number of amides is 1. The van der Waals surface area contributed by atoms with Crippen molar-refractivity contribution >= 4 is 23.4 Å². The zero-order valence-electron chi connectivity index (χ0n) is 18.0. The second-order valence-electron chi connectivity index (χ2n) is 7.63. The molecule has 0 saturated carbocycles. The maximum Gasteiger partial charge on any atom is 0.416 e. The Hall–Kier alpha value is -2.85. The molecule has 1 heterocycles. The van der Waals surface area contributed by atoms with Crippen LogP contribution in [0.5, 0.6) is 0 Å². The number of hydrogen-bond acceptors (Lipinski definition) is 4. The summed E-state index contributed by atoms with van der Waals surface area (Å²) >= 11 is 1.20. The highest BCUT2D eigenvalue weighted by Gasteiger charge is 2.30. The van der Waals surface area contributed by atoms with Crippen molar-refractivity contribution in [3.63, 3.8) is 0 Å². The summed E-state index contributed by atoms with van der Waals surface area (Å²) in [7, 11) is 4.06. The summed E-state index contributed by atoms with van der Waals surface area (Å²) in [5.41, 5.74) is 0.363. The molecule has 32 heavy (non-hydrogen) atoms. The molecule has 10 heteroatoms. The number of anilines is 1. The van der Waals surface area contributed by atoms with Gasteiger partial charge in [0.25, 0.3) is 0 Å². The first kappa shape index (κ1) is 23.8. The maximum atomic E-state index is 12.9. The smallest absolute Gasteiger partial charge is 0.331 e. The summed E-state index contributed by atoms with van der Waals surface area (Å²) in [5, 5.41) is 11.7. The third-order valence-electron chi connectivity index (χ3n) is 4.99. The normalized spacial score (nSPS) is 12.7. The Morgan fingerprint density at radius 3 is 2.50 bits per heavy atom. The van der Waals surface area contributed by atoms with E-state index in [1.807, 2.05) is 49.0 Å². The minimum absolute atomic E-state index is 0.00757. The number of nitrogens with zero attached hydrogens (tertiary/aromatic N) is 3. The van der Waals surface area contributed by atoms with Crippen LogP contribution in [0.1, 0.15) is 29.9 Å². The predicted octanol–water partition coefficient (Wildman–Crippen LogP) is 3.28. The van der Waals surface area contributed by atoms with E-state index in [-0.39, 0.29) is 17.5 Å². The van der Waals surface area contributed by atoms with Gasteiger partial charge < -0.3 is 10.2 Å². The first-order valence-electron chi connectivity index (χ1n) is 10.0. The summed E-state index contributed by atoms with van der Waals surface area (Å²) in [6.45, 7) is 2.61. The number of carbonyl (C=O) groups excluding carboxylic acids is 1. The number of nitrogens with one attached hydrogen (secondary N) is 2. The van der Waals surface area contributed by atoms with Crippen LogP contribution in [0.4, 0.5) is 18.9 Å². The molecule has 0 aliphatic carbocycles. The van der Waals surface area contributed by atoms with Crippen LogP contribution in [0.15, 0.2) is 59.8 Å². The van der Waals surface area contributed by atoms with E-state index >= 15 is 0 Å². The van der Waals surface area contributed by atoms with Crippen LogP contribution in [0, 0.1) is 0 Å². The van der Waals surface area contributed by atoms with Crippen molar-refractivity contribution in [2.24, 2.45) is 0 Å². The molecule has 170 valence electrons. The lowest BCUT2D eigenvalue weighted by Crippen LogP contribution is -3.05. The van der Waals surface area contributed by atoms with Gasteiger partial charge in [0.05, 0.1) is 32.0 Å². The van der Waals surface area contributed by atoms with Crippen molar-refractivity contribution in [1.29, 1.82) is 0 Å². The van der Waals surface area contributed by atoms with Crippen LogP contribution < -0.4 is 10.2 Å². The third-order valence-corrected chi connectivity index (χ3v) is 5.96. The zero-order chi connectivity index (χ0) is 23.3. The van der Waals surface area contributed by atoms with E-state index in [1.165, 1.54) is 28.8 Å². The number of carbonyl (C=O) groups is 1. The minimum Gasteiger partial charge on any atom is -0.331 e. The van der Waals surface area contributed by atoms with Gasteiger partial charge in [0, 0.05) is 5.69 Å². The van der Waals surface area contributed by atoms with Crippen LogP contribution >= 0.6 is 11.8 Å². The molecular formula is C22H25F3N5OS+. The van der Waals surface area contributed by atoms with Crippen molar-refractivity contribution in [3.05, 3.63) is 71.5 Å². The van der Waals surface area contributed by atoms with E-state index in [0.29, 0.717) is 11.7 Å². The molecule has 0 saturated heterocycles. The molecule has 3 aromatic rings. The maximum absolute atomic E-state index is 12.9. The average molecular weight is 465 g/mol. The second-order valence-corrected chi connectivity index (χ2v) is 8.57. The van der Waals surface area contributed by atoms with Gasteiger partial charge in [0.15, 0.2) is 11.0 Å². The van der Waals surface area contributed by atoms with Gasteiger partial charge in [-0.1, -0.05) is 48.2 Å². The van der Waals surface area contributed by atoms with E-state index in [9.17, 15) is 18.0 Å². The number of alkyl halides is 3. The fourth-order valence-corrected chi connectivity index (χ4v) is 3.75. The predicted molar refractivity (Wildman–Crippen MR) is 118 cm³/mol. The molecule has 3 rings (SSSR count). The number of hydrogen-bond donors (Lipinski definition) is 2. The number of halogens is 3. The fourth-order valence-electron chi connectivity index (χ4n) is 3.00.